The van der Waals surface area contributed by atoms with Crippen LogP contribution in [0.2, 0.25) is 0 Å². The van der Waals surface area contributed by atoms with E-state index in [0.29, 0.717) is 24.5 Å². The molecule has 0 fully saturated rings. The quantitative estimate of drug-likeness (QED) is 0.529. The van der Waals surface area contributed by atoms with Gasteiger partial charge in [-0.25, -0.2) is 9.18 Å². The van der Waals surface area contributed by atoms with E-state index in [2.05, 4.69) is 0 Å². The number of amides is 1. The molecule has 0 unspecified atom stereocenters. The van der Waals surface area contributed by atoms with Gasteiger partial charge in [-0.15, -0.1) is 0 Å². The highest BCUT2D eigenvalue weighted by molar-refractivity contribution is 5.91. The molecule has 1 heterocycles. The lowest BCUT2D eigenvalue weighted by atomic mass is 9.87. The number of carbonyl (C=O) groups is 2. The van der Waals surface area contributed by atoms with Crippen LogP contribution in [-0.2, 0) is 16.0 Å². The van der Waals surface area contributed by atoms with Crippen molar-refractivity contribution in [3.05, 3.63) is 94.8 Å². The maximum absolute atomic E-state index is 13.9. The monoisotopic (exact) mass is 449 g/mol. The second-order valence-corrected chi connectivity index (χ2v) is 7.61. The number of esters is 1. The molecule has 0 spiro atoms. The molecule has 1 aliphatic rings. The van der Waals surface area contributed by atoms with Crippen molar-refractivity contribution in [3.8, 4) is 11.5 Å². The van der Waals surface area contributed by atoms with E-state index in [1.54, 1.807) is 19.1 Å². The van der Waals surface area contributed by atoms with Crippen molar-refractivity contribution in [2.75, 3.05) is 27.4 Å². The van der Waals surface area contributed by atoms with Crippen molar-refractivity contribution >= 4 is 11.9 Å². The van der Waals surface area contributed by atoms with Crippen molar-refractivity contribution in [3.63, 3.8) is 0 Å². The van der Waals surface area contributed by atoms with E-state index < -0.39 is 24.4 Å². The van der Waals surface area contributed by atoms with E-state index in [1.165, 1.54) is 24.3 Å². The van der Waals surface area contributed by atoms with Crippen LogP contribution < -0.4 is 9.47 Å². The minimum atomic E-state index is -0.874. The largest absolute Gasteiger partial charge is 0.493 e. The summed E-state index contributed by atoms with van der Waals surface area (Å²) in [5.74, 6) is -0.736. The molecule has 0 aliphatic carbocycles. The van der Waals surface area contributed by atoms with Crippen LogP contribution in [0, 0.1) is 5.82 Å². The van der Waals surface area contributed by atoms with Crippen molar-refractivity contribution in [1.82, 2.24) is 4.90 Å². The lowest BCUT2D eigenvalue weighted by Crippen LogP contribution is -2.42. The second-order valence-electron chi connectivity index (χ2n) is 7.61. The Balaban J connectivity index is 1.63. The molecule has 0 N–H and O–H groups in total. The fourth-order valence-electron chi connectivity index (χ4n) is 4.12. The SMILES string of the molecule is COc1cc2c(cc1OC)[C@H](c1ccccc1)N(C(=O)COC(=O)c1ccccc1F)CC2. The Bertz CT molecular complexity index is 1160. The Morgan fingerprint density at radius 2 is 1.64 bits per heavy atom. The number of rotatable bonds is 6. The molecule has 0 bridgehead atoms. The van der Waals surface area contributed by atoms with Gasteiger partial charge in [-0.05, 0) is 47.4 Å². The molecule has 6 nitrogen and oxygen atoms in total. The van der Waals surface area contributed by atoms with Gasteiger partial charge in [0.15, 0.2) is 18.1 Å². The normalized spacial score (nSPS) is 14.9. The van der Waals surface area contributed by atoms with Gasteiger partial charge in [-0.1, -0.05) is 42.5 Å². The highest BCUT2D eigenvalue weighted by Gasteiger charge is 2.33. The molecule has 170 valence electrons. The standard InChI is InChI=1S/C26H24FNO5/c1-31-22-14-18-12-13-28(24(29)16-33-26(30)19-10-6-7-11-21(19)27)25(17-8-4-3-5-9-17)20(18)15-23(22)32-2/h3-11,14-15,25H,12-13,16H2,1-2H3/t25-/m0/s1. The van der Waals surface area contributed by atoms with Crippen LogP contribution in [0.25, 0.3) is 0 Å². The molecule has 1 aliphatic heterocycles. The Morgan fingerprint density at radius 3 is 2.33 bits per heavy atom. The van der Waals surface area contributed by atoms with Crippen molar-refractivity contribution < 1.29 is 28.2 Å². The van der Waals surface area contributed by atoms with Crippen LogP contribution in [0.4, 0.5) is 4.39 Å². The lowest BCUT2D eigenvalue weighted by molar-refractivity contribution is -0.136. The number of hydrogen-bond acceptors (Lipinski definition) is 5. The van der Waals surface area contributed by atoms with Gasteiger partial charge in [0.25, 0.3) is 5.91 Å². The average Bonchev–Trinajstić information content (AvgIpc) is 2.86. The summed E-state index contributed by atoms with van der Waals surface area (Å²) in [5.41, 5.74) is 2.68. The topological polar surface area (TPSA) is 65.1 Å². The highest BCUT2D eigenvalue weighted by Crippen LogP contribution is 2.41. The van der Waals surface area contributed by atoms with Gasteiger partial charge in [-0.2, -0.15) is 0 Å². The van der Waals surface area contributed by atoms with E-state index in [-0.39, 0.29) is 11.5 Å². The molecule has 4 rings (SSSR count). The van der Waals surface area contributed by atoms with E-state index in [0.717, 1.165) is 16.7 Å². The van der Waals surface area contributed by atoms with Gasteiger partial charge in [0.2, 0.25) is 0 Å². The van der Waals surface area contributed by atoms with E-state index in [9.17, 15) is 14.0 Å². The lowest BCUT2D eigenvalue weighted by Gasteiger charge is -2.38. The van der Waals surface area contributed by atoms with Crippen molar-refractivity contribution in [2.45, 2.75) is 12.5 Å². The Morgan fingerprint density at radius 1 is 0.970 bits per heavy atom. The Labute approximate surface area is 191 Å². The van der Waals surface area contributed by atoms with Gasteiger partial charge < -0.3 is 19.1 Å². The first kappa shape index (κ1) is 22.3. The summed E-state index contributed by atoms with van der Waals surface area (Å²) in [6, 6.07) is 18.6. The summed E-state index contributed by atoms with van der Waals surface area (Å²) in [4.78, 5) is 27.2. The summed E-state index contributed by atoms with van der Waals surface area (Å²) >= 11 is 0. The maximum atomic E-state index is 13.9. The van der Waals surface area contributed by atoms with Crippen LogP contribution in [0.5, 0.6) is 11.5 Å². The molecule has 3 aromatic rings. The van der Waals surface area contributed by atoms with Crippen LogP contribution in [0.1, 0.15) is 33.1 Å². The van der Waals surface area contributed by atoms with Gasteiger partial charge >= 0.3 is 5.97 Å². The molecule has 0 radical (unpaired) electrons. The first-order valence-corrected chi connectivity index (χ1v) is 10.5. The molecule has 33 heavy (non-hydrogen) atoms. The zero-order valence-corrected chi connectivity index (χ0v) is 18.4. The van der Waals surface area contributed by atoms with Gasteiger partial charge in [0.05, 0.1) is 25.8 Å². The minimum absolute atomic E-state index is 0.203. The van der Waals surface area contributed by atoms with Crippen molar-refractivity contribution in [1.29, 1.82) is 0 Å². The molecule has 1 amide bonds. The van der Waals surface area contributed by atoms with Gasteiger partial charge in [0, 0.05) is 6.54 Å². The van der Waals surface area contributed by atoms with E-state index >= 15 is 0 Å². The minimum Gasteiger partial charge on any atom is -0.493 e. The third-order valence-electron chi connectivity index (χ3n) is 5.73. The van der Waals surface area contributed by atoms with Gasteiger partial charge in [-0.3, -0.25) is 4.79 Å². The fourth-order valence-corrected chi connectivity index (χ4v) is 4.12. The zero-order valence-electron chi connectivity index (χ0n) is 18.4. The fraction of sp³-hybridized carbons (Fsp3) is 0.231. The number of fused-ring (bicyclic) bond motifs is 1. The van der Waals surface area contributed by atoms with Crippen LogP contribution in [0.3, 0.4) is 0 Å². The number of methoxy groups -OCH3 is 2. The smallest absolute Gasteiger partial charge is 0.341 e. The summed E-state index contributed by atoms with van der Waals surface area (Å²) in [5, 5.41) is 0. The molecule has 3 aromatic carbocycles. The number of ether oxygens (including phenoxy) is 3. The molecular formula is C26H24FNO5. The van der Waals surface area contributed by atoms with E-state index in [1.807, 2.05) is 42.5 Å². The highest BCUT2D eigenvalue weighted by atomic mass is 19.1. The number of nitrogens with zero attached hydrogens (tertiary/aromatic N) is 1. The predicted octanol–water partition coefficient (Wildman–Crippen LogP) is 4.17. The first-order chi connectivity index (χ1) is 16.0. The van der Waals surface area contributed by atoms with Crippen LogP contribution in [0.15, 0.2) is 66.7 Å². The Kier molecular flexibility index (Phi) is 6.58. The van der Waals surface area contributed by atoms with Crippen molar-refractivity contribution in [2.24, 2.45) is 0 Å². The van der Waals surface area contributed by atoms with E-state index in [4.69, 9.17) is 14.2 Å². The van der Waals surface area contributed by atoms with Crippen LogP contribution >= 0.6 is 0 Å². The van der Waals surface area contributed by atoms with Crippen LogP contribution in [-0.4, -0.2) is 44.1 Å². The first-order valence-electron chi connectivity index (χ1n) is 10.5. The zero-order chi connectivity index (χ0) is 23.4. The van der Waals surface area contributed by atoms with Gasteiger partial charge in [0.1, 0.15) is 5.82 Å². The summed E-state index contributed by atoms with van der Waals surface area (Å²) in [7, 11) is 3.15. The molecule has 0 aromatic heterocycles. The summed E-state index contributed by atoms with van der Waals surface area (Å²) < 4.78 is 30.0. The Hall–Kier alpha value is -3.87. The summed E-state index contributed by atoms with van der Waals surface area (Å²) in [6.07, 6.45) is 0.603. The molecule has 7 heteroatoms. The number of benzene rings is 3. The number of carbonyl (C=O) groups excluding carboxylic acids is 2. The predicted molar refractivity (Wildman–Crippen MR) is 120 cm³/mol. The third kappa shape index (κ3) is 4.53. The molecule has 0 saturated heterocycles. The second kappa shape index (κ2) is 9.73. The number of halogens is 1. The maximum Gasteiger partial charge on any atom is 0.341 e. The summed E-state index contributed by atoms with van der Waals surface area (Å²) in [6.45, 7) is -0.0583. The molecular weight excluding hydrogens is 425 g/mol. The average molecular weight is 449 g/mol. The third-order valence-corrected chi connectivity index (χ3v) is 5.73. The molecule has 1 atom stereocenters. The number of hydrogen-bond donors (Lipinski definition) is 0. The molecule has 0 saturated carbocycles.